The summed E-state index contributed by atoms with van der Waals surface area (Å²) in [7, 11) is -3.48. The Labute approximate surface area is 162 Å². The number of sulfonamides is 1. The summed E-state index contributed by atoms with van der Waals surface area (Å²) in [5.41, 5.74) is 3.64. The third-order valence-electron chi connectivity index (χ3n) is 4.37. The zero-order chi connectivity index (χ0) is 20.0. The fourth-order valence-corrected chi connectivity index (χ4v) is 4.03. The molecule has 0 saturated carbocycles. The van der Waals surface area contributed by atoms with Crippen molar-refractivity contribution in [2.24, 2.45) is 0 Å². The van der Waals surface area contributed by atoms with Crippen molar-refractivity contribution < 1.29 is 13.2 Å². The van der Waals surface area contributed by atoms with Gasteiger partial charge >= 0.3 is 0 Å². The number of aryl methyl sites for hydroxylation is 2. The lowest BCUT2D eigenvalue weighted by Crippen LogP contribution is -2.36. The molecule has 6 heteroatoms. The van der Waals surface area contributed by atoms with Crippen LogP contribution in [0.5, 0.6) is 0 Å². The molecule has 1 amide bonds. The van der Waals surface area contributed by atoms with Crippen molar-refractivity contribution in [2.75, 3.05) is 23.7 Å². The highest BCUT2D eigenvalue weighted by molar-refractivity contribution is 7.92. The molecule has 5 nitrogen and oxygen atoms in total. The van der Waals surface area contributed by atoms with Crippen LogP contribution in [0.15, 0.2) is 48.5 Å². The second-order valence-corrected chi connectivity index (χ2v) is 8.73. The van der Waals surface area contributed by atoms with Gasteiger partial charge in [0.2, 0.25) is 15.9 Å². The number of nitrogens with zero attached hydrogens (tertiary/aromatic N) is 2. The standard InChI is InChI=1S/C21H28N2O3S/c1-5-22(16-19-9-7-6-8-10-19)21(24)11-12-23(27(4,25)26)20-14-17(2)13-18(3)15-20/h6-10,13-15H,5,11-12,16H2,1-4H3. The summed E-state index contributed by atoms with van der Waals surface area (Å²) in [6, 6.07) is 15.4. The topological polar surface area (TPSA) is 57.7 Å². The second kappa shape index (κ2) is 9.04. The van der Waals surface area contributed by atoms with E-state index in [-0.39, 0.29) is 18.9 Å². The smallest absolute Gasteiger partial charge is 0.232 e. The van der Waals surface area contributed by atoms with E-state index < -0.39 is 10.0 Å². The van der Waals surface area contributed by atoms with Gasteiger partial charge in [-0.25, -0.2) is 8.42 Å². The van der Waals surface area contributed by atoms with Crippen LogP contribution in [0.1, 0.15) is 30.0 Å². The first-order valence-corrected chi connectivity index (χ1v) is 10.9. The van der Waals surface area contributed by atoms with Crippen molar-refractivity contribution in [1.29, 1.82) is 0 Å². The van der Waals surface area contributed by atoms with Crippen LogP contribution in [0, 0.1) is 13.8 Å². The van der Waals surface area contributed by atoms with Gasteiger partial charge in [-0.3, -0.25) is 9.10 Å². The summed E-state index contributed by atoms with van der Waals surface area (Å²) in [5.74, 6) is -0.0561. The molecule has 2 aromatic carbocycles. The Hall–Kier alpha value is -2.34. The van der Waals surface area contributed by atoms with Crippen LogP contribution >= 0.6 is 0 Å². The van der Waals surface area contributed by atoms with E-state index in [4.69, 9.17) is 0 Å². The van der Waals surface area contributed by atoms with E-state index >= 15 is 0 Å². The highest BCUT2D eigenvalue weighted by atomic mass is 32.2. The molecule has 0 radical (unpaired) electrons. The van der Waals surface area contributed by atoms with Gasteiger partial charge in [0.25, 0.3) is 0 Å². The van der Waals surface area contributed by atoms with E-state index in [0.29, 0.717) is 18.8 Å². The number of amides is 1. The van der Waals surface area contributed by atoms with Crippen LogP contribution in [0.4, 0.5) is 5.69 Å². The lowest BCUT2D eigenvalue weighted by molar-refractivity contribution is -0.131. The summed E-state index contributed by atoms with van der Waals surface area (Å²) < 4.78 is 25.9. The summed E-state index contributed by atoms with van der Waals surface area (Å²) in [4.78, 5) is 14.4. The average molecular weight is 389 g/mol. The minimum atomic E-state index is -3.48. The maximum atomic E-state index is 12.7. The predicted molar refractivity (Wildman–Crippen MR) is 110 cm³/mol. The van der Waals surface area contributed by atoms with Gasteiger partial charge in [0, 0.05) is 26.1 Å². The average Bonchev–Trinajstić information content (AvgIpc) is 2.58. The molecule has 0 heterocycles. The maximum Gasteiger partial charge on any atom is 0.232 e. The summed E-state index contributed by atoms with van der Waals surface area (Å²) in [6.07, 6.45) is 1.32. The quantitative estimate of drug-likeness (QED) is 0.695. The van der Waals surface area contributed by atoms with Gasteiger partial charge in [0.1, 0.15) is 0 Å². The number of carbonyl (C=O) groups excluding carboxylic acids is 1. The Balaban J connectivity index is 2.12. The molecular weight excluding hydrogens is 360 g/mol. The molecule has 2 aromatic rings. The molecule has 0 bridgehead atoms. The van der Waals surface area contributed by atoms with Gasteiger partial charge in [0.05, 0.1) is 11.9 Å². The van der Waals surface area contributed by atoms with Gasteiger partial charge in [-0.05, 0) is 49.6 Å². The van der Waals surface area contributed by atoms with Gasteiger partial charge in [0.15, 0.2) is 0 Å². The second-order valence-electron chi connectivity index (χ2n) is 6.82. The largest absolute Gasteiger partial charge is 0.339 e. The SMILES string of the molecule is CCN(Cc1ccccc1)C(=O)CCN(c1cc(C)cc(C)c1)S(C)(=O)=O. The van der Waals surface area contributed by atoms with Crippen molar-refractivity contribution >= 4 is 21.6 Å². The third-order valence-corrected chi connectivity index (χ3v) is 5.57. The number of carbonyl (C=O) groups is 1. The molecule has 0 aliphatic carbocycles. The predicted octanol–water partition coefficient (Wildman–Crippen LogP) is 3.51. The Bertz CT molecular complexity index is 859. The zero-order valence-electron chi connectivity index (χ0n) is 16.5. The minimum Gasteiger partial charge on any atom is -0.339 e. The molecule has 0 atom stereocenters. The minimum absolute atomic E-state index is 0.0561. The summed E-state index contributed by atoms with van der Waals surface area (Å²) >= 11 is 0. The molecule has 0 aromatic heterocycles. The Morgan fingerprint density at radius 3 is 2.11 bits per heavy atom. The van der Waals surface area contributed by atoms with E-state index in [2.05, 4.69) is 0 Å². The Morgan fingerprint density at radius 1 is 1.00 bits per heavy atom. The van der Waals surface area contributed by atoms with Gasteiger partial charge < -0.3 is 4.90 Å². The number of hydrogen-bond donors (Lipinski definition) is 0. The number of hydrogen-bond acceptors (Lipinski definition) is 3. The fourth-order valence-electron chi connectivity index (χ4n) is 3.12. The monoisotopic (exact) mass is 388 g/mol. The highest BCUT2D eigenvalue weighted by Crippen LogP contribution is 2.22. The summed E-state index contributed by atoms with van der Waals surface area (Å²) in [5, 5.41) is 0. The van der Waals surface area contributed by atoms with Crippen molar-refractivity contribution in [2.45, 2.75) is 33.7 Å². The van der Waals surface area contributed by atoms with E-state index in [1.54, 1.807) is 4.90 Å². The zero-order valence-corrected chi connectivity index (χ0v) is 17.3. The van der Waals surface area contributed by atoms with Crippen molar-refractivity contribution in [3.63, 3.8) is 0 Å². The van der Waals surface area contributed by atoms with Crippen LogP contribution in [-0.2, 0) is 21.4 Å². The Morgan fingerprint density at radius 2 is 1.59 bits per heavy atom. The molecular formula is C21H28N2O3S. The highest BCUT2D eigenvalue weighted by Gasteiger charge is 2.21. The molecule has 0 saturated heterocycles. The molecule has 0 fully saturated rings. The molecule has 0 spiro atoms. The maximum absolute atomic E-state index is 12.7. The lowest BCUT2D eigenvalue weighted by Gasteiger charge is -2.26. The van der Waals surface area contributed by atoms with Crippen LogP contribution < -0.4 is 4.31 Å². The van der Waals surface area contributed by atoms with Crippen LogP contribution in [0.25, 0.3) is 0 Å². The Kier molecular flexibility index (Phi) is 7.02. The number of rotatable bonds is 8. The van der Waals surface area contributed by atoms with E-state index in [1.165, 1.54) is 10.6 Å². The first kappa shape index (κ1) is 21.0. The van der Waals surface area contributed by atoms with Crippen LogP contribution in [-0.4, -0.2) is 38.6 Å². The number of benzene rings is 2. The third kappa shape index (κ3) is 6.10. The molecule has 0 aliphatic rings. The van der Waals surface area contributed by atoms with Gasteiger partial charge in [-0.2, -0.15) is 0 Å². The van der Waals surface area contributed by atoms with Gasteiger partial charge in [-0.15, -0.1) is 0 Å². The molecule has 146 valence electrons. The first-order chi connectivity index (χ1) is 12.7. The summed E-state index contributed by atoms with van der Waals surface area (Å²) in [6.45, 7) is 7.03. The van der Waals surface area contributed by atoms with Gasteiger partial charge in [-0.1, -0.05) is 36.4 Å². The van der Waals surface area contributed by atoms with E-state index in [9.17, 15) is 13.2 Å². The molecule has 0 aliphatic heterocycles. The van der Waals surface area contributed by atoms with Crippen molar-refractivity contribution in [3.05, 3.63) is 65.2 Å². The van der Waals surface area contributed by atoms with Crippen LogP contribution in [0.3, 0.4) is 0 Å². The van der Waals surface area contributed by atoms with E-state index in [0.717, 1.165) is 16.7 Å². The lowest BCUT2D eigenvalue weighted by atomic mass is 10.1. The molecule has 2 rings (SSSR count). The fraction of sp³-hybridized carbons (Fsp3) is 0.381. The van der Waals surface area contributed by atoms with Crippen molar-refractivity contribution in [3.8, 4) is 0 Å². The number of anilines is 1. The molecule has 27 heavy (non-hydrogen) atoms. The normalized spacial score (nSPS) is 11.3. The molecule has 0 N–H and O–H groups in total. The van der Waals surface area contributed by atoms with E-state index in [1.807, 2.05) is 69.3 Å². The first-order valence-electron chi connectivity index (χ1n) is 9.08. The van der Waals surface area contributed by atoms with Crippen molar-refractivity contribution in [1.82, 2.24) is 4.90 Å². The molecule has 0 unspecified atom stereocenters. The van der Waals surface area contributed by atoms with Crippen LogP contribution in [0.2, 0.25) is 0 Å².